The molecule has 0 atom stereocenters. The minimum absolute atomic E-state index is 0.0433. The molecule has 34 heavy (non-hydrogen) atoms. The molecule has 0 aliphatic carbocycles. The van der Waals surface area contributed by atoms with Crippen LogP contribution in [-0.4, -0.2) is 34.5 Å². The second kappa shape index (κ2) is 9.69. The van der Waals surface area contributed by atoms with Gasteiger partial charge in [-0.2, -0.15) is 0 Å². The monoisotopic (exact) mass is 472 g/mol. The van der Waals surface area contributed by atoms with Crippen molar-refractivity contribution in [2.75, 3.05) is 18.0 Å². The van der Waals surface area contributed by atoms with Gasteiger partial charge in [-0.15, -0.1) is 0 Å². The zero-order valence-corrected chi connectivity index (χ0v) is 19.5. The average Bonchev–Trinajstić information content (AvgIpc) is 3.21. The number of carbonyl (C=O) groups excluding carboxylic acids is 2. The lowest BCUT2D eigenvalue weighted by Crippen LogP contribution is -2.38. The highest BCUT2D eigenvalue weighted by atomic mass is 35.5. The summed E-state index contributed by atoms with van der Waals surface area (Å²) in [6.07, 6.45) is 2.46. The van der Waals surface area contributed by atoms with E-state index in [4.69, 9.17) is 16.6 Å². The minimum atomic E-state index is -0.166. The molecule has 1 aliphatic heterocycles. The fraction of sp³-hybridized carbons (Fsp3) is 0.222. The Hall–Kier alpha value is -3.64. The van der Waals surface area contributed by atoms with Crippen molar-refractivity contribution in [1.82, 2.24) is 14.9 Å². The molecule has 0 saturated carbocycles. The SMILES string of the molecule is O=C(NCCc1nc2ccccc2n1CC(=O)N1CCCc2ccccc21)c1ccc(Cl)cc1. The maximum absolute atomic E-state index is 13.4. The van der Waals surface area contributed by atoms with E-state index in [1.165, 1.54) is 5.56 Å². The number of imidazole rings is 1. The Balaban J connectivity index is 1.34. The van der Waals surface area contributed by atoms with E-state index in [0.29, 0.717) is 23.6 Å². The number of nitrogens with zero attached hydrogens (tertiary/aromatic N) is 3. The summed E-state index contributed by atoms with van der Waals surface area (Å²) in [5, 5.41) is 3.53. The highest BCUT2D eigenvalue weighted by Gasteiger charge is 2.24. The van der Waals surface area contributed by atoms with Gasteiger partial charge in [0.25, 0.3) is 5.91 Å². The molecule has 4 aromatic rings. The number of nitrogens with one attached hydrogen (secondary N) is 1. The summed E-state index contributed by atoms with van der Waals surface area (Å²) in [5.74, 6) is 0.651. The molecule has 1 N–H and O–H groups in total. The number of fused-ring (bicyclic) bond motifs is 2. The molecule has 0 unspecified atom stereocenters. The van der Waals surface area contributed by atoms with Crippen molar-refractivity contribution < 1.29 is 9.59 Å². The van der Waals surface area contributed by atoms with E-state index in [-0.39, 0.29) is 18.4 Å². The predicted octanol–water partition coefficient (Wildman–Crippen LogP) is 4.64. The Morgan fingerprint density at radius 1 is 0.971 bits per heavy atom. The van der Waals surface area contributed by atoms with Gasteiger partial charge >= 0.3 is 0 Å². The molecule has 2 amide bonds. The summed E-state index contributed by atoms with van der Waals surface area (Å²) >= 11 is 5.91. The van der Waals surface area contributed by atoms with Gasteiger partial charge in [0.15, 0.2) is 0 Å². The molecule has 5 rings (SSSR count). The molecular formula is C27H25ClN4O2. The Morgan fingerprint density at radius 2 is 1.74 bits per heavy atom. The molecule has 6 nitrogen and oxygen atoms in total. The van der Waals surface area contributed by atoms with E-state index in [2.05, 4.69) is 11.4 Å². The van der Waals surface area contributed by atoms with Crippen LogP contribution in [0, 0.1) is 0 Å². The summed E-state index contributed by atoms with van der Waals surface area (Å²) in [5.41, 5.74) is 4.52. The Morgan fingerprint density at radius 3 is 2.59 bits per heavy atom. The number of rotatable bonds is 6. The summed E-state index contributed by atoms with van der Waals surface area (Å²) in [6, 6.07) is 22.7. The average molecular weight is 473 g/mol. The number of amides is 2. The summed E-state index contributed by atoms with van der Waals surface area (Å²) < 4.78 is 1.98. The van der Waals surface area contributed by atoms with E-state index in [0.717, 1.165) is 41.9 Å². The van der Waals surface area contributed by atoms with Crippen LogP contribution in [0.4, 0.5) is 5.69 Å². The van der Waals surface area contributed by atoms with Gasteiger partial charge in [-0.05, 0) is 60.9 Å². The summed E-state index contributed by atoms with van der Waals surface area (Å²) in [7, 11) is 0. The standard InChI is InChI=1S/C27H25ClN4O2/c28-21-13-11-20(12-14-21)27(34)29-16-15-25-30-22-8-2-4-10-24(22)32(25)18-26(33)31-17-5-7-19-6-1-3-9-23(19)31/h1-4,6,8-14H,5,7,15-18H2,(H,29,34). The minimum Gasteiger partial charge on any atom is -0.352 e. The van der Waals surface area contributed by atoms with Gasteiger partial charge in [-0.3, -0.25) is 9.59 Å². The van der Waals surface area contributed by atoms with Crippen LogP contribution >= 0.6 is 11.6 Å². The second-order valence-corrected chi connectivity index (χ2v) is 8.83. The van der Waals surface area contributed by atoms with E-state index in [1.807, 2.05) is 51.9 Å². The molecule has 0 fully saturated rings. The summed E-state index contributed by atoms with van der Waals surface area (Å²) in [6.45, 7) is 1.33. The van der Waals surface area contributed by atoms with E-state index in [9.17, 15) is 9.59 Å². The molecule has 7 heteroatoms. The molecule has 1 aromatic heterocycles. The van der Waals surface area contributed by atoms with Crippen LogP contribution in [0.3, 0.4) is 0 Å². The van der Waals surface area contributed by atoms with Crippen LogP contribution in [0.1, 0.15) is 28.2 Å². The molecule has 0 spiro atoms. The zero-order chi connectivity index (χ0) is 23.5. The molecular weight excluding hydrogens is 448 g/mol. The Labute approximate surface area is 203 Å². The van der Waals surface area contributed by atoms with Crippen molar-refractivity contribution in [3.63, 3.8) is 0 Å². The Bertz CT molecular complexity index is 1350. The van der Waals surface area contributed by atoms with Gasteiger partial charge in [0, 0.05) is 35.8 Å². The first-order chi connectivity index (χ1) is 16.6. The van der Waals surface area contributed by atoms with Gasteiger partial charge in [0.2, 0.25) is 5.91 Å². The van der Waals surface area contributed by atoms with Gasteiger partial charge in [0.1, 0.15) is 12.4 Å². The highest BCUT2D eigenvalue weighted by Crippen LogP contribution is 2.27. The normalized spacial score (nSPS) is 13.0. The lowest BCUT2D eigenvalue weighted by atomic mass is 10.0. The highest BCUT2D eigenvalue weighted by molar-refractivity contribution is 6.30. The molecule has 0 bridgehead atoms. The van der Waals surface area contributed by atoms with Gasteiger partial charge in [-0.1, -0.05) is 41.9 Å². The van der Waals surface area contributed by atoms with Crippen molar-refractivity contribution in [1.29, 1.82) is 0 Å². The number of halogens is 1. The van der Waals surface area contributed by atoms with Crippen LogP contribution in [0.5, 0.6) is 0 Å². The van der Waals surface area contributed by atoms with E-state index < -0.39 is 0 Å². The number of benzene rings is 3. The van der Waals surface area contributed by atoms with Gasteiger partial charge in [0.05, 0.1) is 11.0 Å². The van der Waals surface area contributed by atoms with Crippen molar-refractivity contribution in [3.8, 4) is 0 Å². The maximum Gasteiger partial charge on any atom is 0.251 e. The first kappa shape index (κ1) is 22.2. The fourth-order valence-electron chi connectivity index (χ4n) is 4.50. The third kappa shape index (κ3) is 4.54. The lowest BCUT2D eigenvalue weighted by Gasteiger charge is -2.29. The van der Waals surface area contributed by atoms with Crippen molar-refractivity contribution >= 4 is 40.1 Å². The number of aromatic nitrogens is 2. The number of aryl methyl sites for hydroxylation is 1. The van der Waals surface area contributed by atoms with Crippen LogP contribution in [0.2, 0.25) is 5.02 Å². The third-order valence-electron chi connectivity index (χ3n) is 6.18. The first-order valence-corrected chi connectivity index (χ1v) is 11.8. The van der Waals surface area contributed by atoms with Gasteiger partial charge < -0.3 is 14.8 Å². The second-order valence-electron chi connectivity index (χ2n) is 8.39. The van der Waals surface area contributed by atoms with Crippen LogP contribution in [0.15, 0.2) is 72.8 Å². The topological polar surface area (TPSA) is 67.2 Å². The number of carbonyl (C=O) groups is 2. The van der Waals surface area contributed by atoms with Gasteiger partial charge in [-0.25, -0.2) is 4.98 Å². The van der Waals surface area contributed by atoms with Crippen molar-refractivity contribution in [2.24, 2.45) is 0 Å². The molecule has 2 heterocycles. The predicted molar refractivity (Wildman–Crippen MR) is 134 cm³/mol. The number of anilines is 1. The molecule has 0 saturated heterocycles. The van der Waals surface area contributed by atoms with E-state index in [1.54, 1.807) is 24.3 Å². The van der Waals surface area contributed by atoms with Crippen LogP contribution < -0.4 is 10.2 Å². The zero-order valence-electron chi connectivity index (χ0n) is 18.7. The Kier molecular flexibility index (Phi) is 6.32. The number of hydrogen-bond donors (Lipinski definition) is 1. The first-order valence-electron chi connectivity index (χ1n) is 11.5. The maximum atomic E-state index is 13.4. The molecule has 1 aliphatic rings. The quantitative estimate of drug-likeness (QED) is 0.444. The number of hydrogen-bond acceptors (Lipinski definition) is 3. The molecule has 0 radical (unpaired) electrons. The smallest absolute Gasteiger partial charge is 0.251 e. The van der Waals surface area contributed by atoms with Crippen molar-refractivity contribution in [2.45, 2.75) is 25.8 Å². The van der Waals surface area contributed by atoms with E-state index >= 15 is 0 Å². The number of para-hydroxylation sites is 3. The third-order valence-corrected chi connectivity index (χ3v) is 6.43. The fourth-order valence-corrected chi connectivity index (χ4v) is 4.62. The summed E-state index contributed by atoms with van der Waals surface area (Å²) in [4.78, 5) is 32.5. The van der Waals surface area contributed by atoms with Crippen LogP contribution in [0.25, 0.3) is 11.0 Å². The van der Waals surface area contributed by atoms with Crippen molar-refractivity contribution in [3.05, 3.63) is 94.8 Å². The molecule has 172 valence electrons. The molecule has 3 aromatic carbocycles. The van der Waals surface area contributed by atoms with Crippen LogP contribution in [-0.2, 0) is 24.2 Å². The lowest BCUT2D eigenvalue weighted by molar-refractivity contribution is -0.119. The largest absolute Gasteiger partial charge is 0.352 e.